The lowest BCUT2D eigenvalue weighted by Crippen LogP contribution is -2.25. The van der Waals surface area contributed by atoms with Crippen LogP contribution in [-0.2, 0) is 0 Å². The highest BCUT2D eigenvalue weighted by Gasteiger charge is 2.29. The van der Waals surface area contributed by atoms with Crippen LogP contribution < -0.4 is 5.73 Å². The Morgan fingerprint density at radius 3 is 2.84 bits per heavy atom. The fraction of sp³-hybridized carbons (Fsp3) is 0.533. The zero-order valence-electron chi connectivity index (χ0n) is 11.4. The van der Waals surface area contributed by atoms with Gasteiger partial charge in [0.15, 0.2) is 0 Å². The summed E-state index contributed by atoms with van der Waals surface area (Å²) in [5.41, 5.74) is 7.67. The van der Waals surface area contributed by atoms with Crippen molar-refractivity contribution in [3.8, 4) is 0 Å². The molecule has 1 heterocycles. The standard InChI is InChI=1S/C15H20FN3/c1-9-3-5-13(10(2)7-9)19-14-6-4-11(16)8-12(14)18-15(19)17/h4,6,8-10,13H,3,5,7H2,1-2H3,(H2,17,18). The van der Waals surface area contributed by atoms with Gasteiger partial charge in [0.2, 0.25) is 5.95 Å². The van der Waals surface area contributed by atoms with Gasteiger partial charge in [-0.25, -0.2) is 9.37 Å². The van der Waals surface area contributed by atoms with Crippen LogP contribution >= 0.6 is 0 Å². The lowest BCUT2D eigenvalue weighted by Gasteiger charge is -2.34. The Morgan fingerprint density at radius 2 is 2.11 bits per heavy atom. The first-order chi connectivity index (χ1) is 9.06. The van der Waals surface area contributed by atoms with Crippen LogP contribution in [0.2, 0.25) is 0 Å². The van der Waals surface area contributed by atoms with E-state index in [1.54, 1.807) is 6.07 Å². The number of nitrogen functional groups attached to an aromatic ring is 1. The Hall–Kier alpha value is -1.58. The minimum absolute atomic E-state index is 0.262. The summed E-state index contributed by atoms with van der Waals surface area (Å²) in [6, 6.07) is 5.11. The van der Waals surface area contributed by atoms with Crippen molar-refractivity contribution in [1.29, 1.82) is 0 Å². The number of fused-ring (bicyclic) bond motifs is 1. The van der Waals surface area contributed by atoms with Crippen LogP contribution in [0.25, 0.3) is 11.0 Å². The third-order valence-corrected chi connectivity index (χ3v) is 4.40. The van der Waals surface area contributed by atoms with Crippen LogP contribution in [0.3, 0.4) is 0 Å². The maximum Gasteiger partial charge on any atom is 0.201 e. The number of imidazole rings is 1. The highest BCUT2D eigenvalue weighted by molar-refractivity contribution is 5.78. The smallest absolute Gasteiger partial charge is 0.201 e. The number of anilines is 1. The maximum absolute atomic E-state index is 13.3. The van der Waals surface area contributed by atoms with E-state index in [1.807, 2.05) is 0 Å². The molecule has 102 valence electrons. The summed E-state index contributed by atoms with van der Waals surface area (Å²) < 4.78 is 15.4. The van der Waals surface area contributed by atoms with Gasteiger partial charge in [-0.05, 0) is 43.2 Å². The zero-order valence-corrected chi connectivity index (χ0v) is 11.4. The van der Waals surface area contributed by atoms with Crippen LogP contribution in [0.15, 0.2) is 18.2 Å². The van der Waals surface area contributed by atoms with Crippen molar-refractivity contribution in [3.05, 3.63) is 24.0 Å². The first-order valence-electron chi connectivity index (χ1n) is 6.99. The van der Waals surface area contributed by atoms with Gasteiger partial charge in [-0.15, -0.1) is 0 Å². The molecule has 0 radical (unpaired) electrons. The first-order valence-corrected chi connectivity index (χ1v) is 6.99. The summed E-state index contributed by atoms with van der Waals surface area (Å²) in [6.07, 6.45) is 3.55. The van der Waals surface area contributed by atoms with Gasteiger partial charge in [-0.1, -0.05) is 13.8 Å². The van der Waals surface area contributed by atoms with Crippen molar-refractivity contribution in [1.82, 2.24) is 9.55 Å². The molecule has 19 heavy (non-hydrogen) atoms. The molecule has 0 saturated heterocycles. The van der Waals surface area contributed by atoms with Crippen LogP contribution in [0, 0.1) is 17.7 Å². The van der Waals surface area contributed by atoms with Crippen molar-refractivity contribution in [2.45, 2.75) is 39.2 Å². The van der Waals surface area contributed by atoms with Gasteiger partial charge in [0.1, 0.15) is 5.82 Å². The largest absolute Gasteiger partial charge is 0.369 e. The summed E-state index contributed by atoms with van der Waals surface area (Å²) in [4.78, 5) is 4.30. The average Bonchev–Trinajstić information content (AvgIpc) is 2.65. The van der Waals surface area contributed by atoms with E-state index < -0.39 is 0 Å². The molecule has 1 aromatic heterocycles. The molecular formula is C15H20FN3. The van der Waals surface area contributed by atoms with E-state index in [1.165, 1.54) is 25.0 Å². The average molecular weight is 261 g/mol. The third-order valence-electron chi connectivity index (χ3n) is 4.40. The molecule has 1 aliphatic carbocycles. The molecule has 4 heteroatoms. The monoisotopic (exact) mass is 261 g/mol. The molecule has 1 aromatic carbocycles. The van der Waals surface area contributed by atoms with Crippen molar-refractivity contribution in [2.75, 3.05) is 5.73 Å². The quantitative estimate of drug-likeness (QED) is 0.849. The summed E-state index contributed by atoms with van der Waals surface area (Å²) in [6.45, 7) is 4.58. The number of hydrogen-bond donors (Lipinski definition) is 1. The van der Waals surface area contributed by atoms with Crippen LogP contribution in [0.5, 0.6) is 0 Å². The molecular weight excluding hydrogens is 241 g/mol. The molecule has 3 unspecified atom stereocenters. The molecule has 0 bridgehead atoms. The highest BCUT2D eigenvalue weighted by Crippen LogP contribution is 2.39. The Balaban J connectivity index is 2.07. The minimum Gasteiger partial charge on any atom is -0.369 e. The number of benzene rings is 1. The second kappa shape index (κ2) is 4.51. The fourth-order valence-electron chi connectivity index (χ4n) is 3.47. The van der Waals surface area contributed by atoms with E-state index in [2.05, 4.69) is 23.4 Å². The minimum atomic E-state index is -0.262. The molecule has 0 spiro atoms. The van der Waals surface area contributed by atoms with Crippen molar-refractivity contribution in [3.63, 3.8) is 0 Å². The van der Waals surface area contributed by atoms with Crippen molar-refractivity contribution < 1.29 is 4.39 Å². The van der Waals surface area contributed by atoms with Gasteiger partial charge in [0.05, 0.1) is 11.0 Å². The molecule has 3 atom stereocenters. The number of halogens is 1. The zero-order chi connectivity index (χ0) is 13.6. The molecule has 2 aromatic rings. The molecule has 0 amide bonds. The number of nitrogens with two attached hydrogens (primary N) is 1. The van der Waals surface area contributed by atoms with Crippen LogP contribution in [0.1, 0.15) is 39.2 Å². The summed E-state index contributed by atoms with van der Waals surface area (Å²) in [5, 5.41) is 0. The van der Waals surface area contributed by atoms with E-state index in [0.717, 1.165) is 17.9 Å². The van der Waals surface area contributed by atoms with Gasteiger partial charge in [-0.3, -0.25) is 0 Å². The summed E-state index contributed by atoms with van der Waals surface area (Å²) in [7, 11) is 0. The van der Waals surface area contributed by atoms with E-state index >= 15 is 0 Å². The summed E-state index contributed by atoms with van der Waals surface area (Å²) >= 11 is 0. The van der Waals surface area contributed by atoms with E-state index in [-0.39, 0.29) is 5.82 Å². The normalized spacial score (nSPS) is 27.8. The predicted octanol–water partition coefficient (Wildman–Crippen LogP) is 3.75. The lowest BCUT2D eigenvalue weighted by atomic mass is 9.79. The SMILES string of the molecule is CC1CCC(n2c(N)nc3cc(F)ccc32)C(C)C1. The Bertz CT molecular complexity index is 605. The topological polar surface area (TPSA) is 43.8 Å². The van der Waals surface area contributed by atoms with E-state index in [4.69, 9.17) is 5.73 Å². The Labute approximate surface area is 112 Å². The number of nitrogens with zero attached hydrogens (tertiary/aromatic N) is 2. The third kappa shape index (κ3) is 2.09. The second-order valence-electron chi connectivity index (χ2n) is 5.94. The molecule has 2 N–H and O–H groups in total. The Kier molecular flexibility index (Phi) is 2.96. The van der Waals surface area contributed by atoms with Crippen LogP contribution in [-0.4, -0.2) is 9.55 Å². The van der Waals surface area contributed by atoms with Gasteiger partial charge < -0.3 is 10.3 Å². The molecule has 1 fully saturated rings. The molecule has 1 aliphatic rings. The van der Waals surface area contributed by atoms with Gasteiger partial charge in [0.25, 0.3) is 0 Å². The molecule has 3 nitrogen and oxygen atoms in total. The second-order valence-corrected chi connectivity index (χ2v) is 5.94. The van der Waals surface area contributed by atoms with Gasteiger partial charge in [0, 0.05) is 12.1 Å². The lowest BCUT2D eigenvalue weighted by molar-refractivity contribution is 0.213. The highest BCUT2D eigenvalue weighted by atomic mass is 19.1. The van der Waals surface area contributed by atoms with Crippen LogP contribution in [0.4, 0.5) is 10.3 Å². The number of hydrogen-bond acceptors (Lipinski definition) is 2. The number of aromatic nitrogens is 2. The van der Waals surface area contributed by atoms with E-state index in [0.29, 0.717) is 23.4 Å². The molecule has 3 rings (SSSR count). The maximum atomic E-state index is 13.3. The summed E-state index contributed by atoms with van der Waals surface area (Å²) in [5.74, 6) is 1.60. The molecule has 1 saturated carbocycles. The van der Waals surface area contributed by atoms with Gasteiger partial charge >= 0.3 is 0 Å². The fourth-order valence-corrected chi connectivity index (χ4v) is 3.47. The van der Waals surface area contributed by atoms with Gasteiger partial charge in [-0.2, -0.15) is 0 Å². The predicted molar refractivity (Wildman–Crippen MR) is 75.3 cm³/mol. The molecule has 0 aliphatic heterocycles. The number of rotatable bonds is 1. The van der Waals surface area contributed by atoms with Crippen molar-refractivity contribution in [2.24, 2.45) is 11.8 Å². The van der Waals surface area contributed by atoms with Crippen molar-refractivity contribution >= 4 is 17.0 Å². The first kappa shape index (κ1) is 12.5. The van der Waals surface area contributed by atoms with E-state index in [9.17, 15) is 4.39 Å². The Morgan fingerprint density at radius 1 is 1.32 bits per heavy atom.